The largest absolute Gasteiger partial charge is 0.416 e. The van der Waals surface area contributed by atoms with Crippen LogP contribution in [0.5, 0.6) is 0 Å². The molecule has 0 atom stereocenters. The summed E-state index contributed by atoms with van der Waals surface area (Å²) in [5.41, 5.74) is -0.887. The molecule has 13 heteroatoms. The maximum atomic E-state index is 13.1. The van der Waals surface area contributed by atoms with E-state index in [1.807, 2.05) is 0 Å². The predicted octanol–water partition coefficient (Wildman–Crippen LogP) is 2.01. The molecule has 160 valence electrons. The van der Waals surface area contributed by atoms with Crippen molar-refractivity contribution in [3.8, 4) is 0 Å². The fourth-order valence-electron chi connectivity index (χ4n) is 3.06. The van der Waals surface area contributed by atoms with Crippen molar-refractivity contribution < 1.29 is 18.0 Å². The molecular formula is C18H15F3N8O2. The number of carbonyl (C=O) groups is 1. The summed E-state index contributed by atoms with van der Waals surface area (Å²) in [5.74, 6) is -0.738. The Morgan fingerprint density at radius 3 is 2.61 bits per heavy atom. The van der Waals surface area contributed by atoms with Crippen LogP contribution < -0.4 is 10.9 Å². The molecule has 4 aromatic rings. The van der Waals surface area contributed by atoms with Crippen LogP contribution in [0.3, 0.4) is 0 Å². The van der Waals surface area contributed by atoms with E-state index < -0.39 is 29.8 Å². The van der Waals surface area contributed by atoms with Crippen molar-refractivity contribution in [1.29, 1.82) is 0 Å². The van der Waals surface area contributed by atoms with E-state index in [4.69, 9.17) is 0 Å². The van der Waals surface area contributed by atoms with Gasteiger partial charge in [-0.25, -0.2) is 4.68 Å². The molecule has 4 rings (SSSR count). The average molecular weight is 432 g/mol. The zero-order valence-corrected chi connectivity index (χ0v) is 16.3. The molecule has 0 unspecified atom stereocenters. The number of aromatic nitrogens is 7. The molecule has 0 saturated carbocycles. The molecule has 0 bridgehead atoms. The summed E-state index contributed by atoms with van der Waals surface area (Å²) < 4.78 is 41.4. The molecule has 1 amide bonds. The molecule has 0 aliphatic carbocycles. The Balaban J connectivity index is 1.68. The highest BCUT2D eigenvalue weighted by Crippen LogP contribution is 2.32. The predicted molar refractivity (Wildman–Crippen MR) is 102 cm³/mol. The van der Waals surface area contributed by atoms with Gasteiger partial charge < -0.3 is 5.32 Å². The van der Waals surface area contributed by atoms with E-state index in [0.717, 1.165) is 27.5 Å². The number of tetrazole rings is 1. The summed E-state index contributed by atoms with van der Waals surface area (Å²) >= 11 is 0. The molecule has 0 fully saturated rings. The molecule has 0 aliphatic heterocycles. The summed E-state index contributed by atoms with van der Waals surface area (Å²) in [4.78, 5) is 25.2. The first-order valence-corrected chi connectivity index (χ1v) is 9.11. The van der Waals surface area contributed by atoms with E-state index in [-0.39, 0.29) is 28.2 Å². The number of hydrogen-bond acceptors (Lipinski definition) is 7. The molecule has 0 aliphatic rings. The first-order valence-electron chi connectivity index (χ1n) is 9.11. The lowest BCUT2D eigenvalue weighted by atomic mass is 10.0. The molecule has 1 aromatic carbocycles. The Bertz CT molecular complexity index is 1360. The lowest BCUT2D eigenvalue weighted by molar-refractivity contribution is -0.137. The van der Waals surface area contributed by atoms with Crippen LogP contribution in [0.15, 0.2) is 35.1 Å². The van der Waals surface area contributed by atoms with Gasteiger partial charge in [0.1, 0.15) is 6.54 Å². The van der Waals surface area contributed by atoms with E-state index >= 15 is 0 Å². The topological polar surface area (TPSA) is 120 Å². The number of hydrogen-bond donors (Lipinski definition) is 1. The number of benzene rings is 1. The van der Waals surface area contributed by atoms with Crippen LogP contribution in [0.1, 0.15) is 31.0 Å². The van der Waals surface area contributed by atoms with Crippen molar-refractivity contribution in [1.82, 2.24) is 35.0 Å². The summed E-state index contributed by atoms with van der Waals surface area (Å²) in [6.45, 7) is 3.02. The number of halogens is 3. The van der Waals surface area contributed by atoms with Crippen LogP contribution >= 0.6 is 0 Å². The van der Waals surface area contributed by atoms with Crippen LogP contribution in [-0.4, -0.2) is 40.9 Å². The number of alkyl halides is 3. The Morgan fingerprint density at radius 1 is 1.13 bits per heavy atom. The molecular weight excluding hydrogens is 417 g/mol. The summed E-state index contributed by atoms with van der Waals surface area (Å²) in [6, 6.07) is 5.88. The zero-order chi connectivity index (χ0) is 22.3. The summed E-state index contributed by atoms with van der Waals surface area (Å²) in [5, 5.41) is 21.6. The highest BCUT2D eigenvalue weighted by molar-refractivity contribution is 5.90. The van der Waals surface area contributed by atoms with Crippen LogP contribution in [-0.2, 0) is 17.5 Å². The van der Waals surface area contributed by atoms with Gasteiger partial charge in [0.25, 0.3) is 5.56 Å². The van der Waals surface area contributed by atoms with Gasteiger partial charge in [-0.1, -0.05) is 13.8 Å². The van der Waals surface area contributed by atoms with Gasteiger partial charge in [-0.3, -0.25) is 9.59 Å². The standard InChI is InChI=1S/C18H15F3N8O2/c1-9(2)16-12-7-10(18(19,20)21)3-4-11(12)17(31)28(25-16)8-15(30)22-13-5-6-14-23-26-27-29(14)24-13/h3-7,9H,8H2,1-2H3,(H,22,24,30). The first-order chi connectivity index (χ1) is 14.6. The molecule has 0 saturated heterocycles. The third-order valence-corrected chi connectivity index (χ3v) is 4.49. The van der Waals surface area contributed by atoms with Crippen molar-refractivity contribution in [2.45, 2.75) is 32.5 Å². The van der Waals surface area contributed by atoms with Crippen molar-refractivity contribution >= 4 is 28.1 Å². The average Bonchev–Trinajstić information content (AvgIpc) is 3.16. The van der Waals surface area contributed by atoms with E-state index in [0.29, 0.717) is 5.65 Å². The maximum absolute atomic E-state index is 13.1. The van der Waals surface area contributed by atoms with E-state index in [1.165, 1.54) is 12.1 Å². The Hall–Kier alpha value is -3.90. The molecule has 0 radical (unpaired) electrons. The summed E-state index contributed by atoms with van der Waals surface area (Å²) in [7, 11) is 0. The van der Waals surface area contributed by atoms with Gasteiger partial charge in [-0.05, 0) is 46.7 Å². The Labute approximate surface area is 171 Å². The number of fused-ring (bicyclic) bond motifs is 2. The van der Waals surface area contributed by atoms with Gasteiger partial charge >= 0.3 is 6.18 Å². The molecule has 10 nitrogen and oxygen atoms in total. The van der Waals surface area contributed by atoms with E-state index in [9.17, 15) is 22.8 Å². The van der Waals surface area contributed by atoms with Crippen LogP contribution in [0.4, 0.5) is 19.0 Å². The maximum Gasteiger partial charge on any atom is 0.416 e. The highest BCUT2D eigenvalue weighted by Gasteiger charge is 2.31. The fourth-order valence-corrected chi connectivity index (χ4v) is 3.06. The summed E-state index contributed by atoms with van der Waals surface area (Å²) in [6.07, 6.45) is -4.55. The SMILES string of the molecule is CC(C)c1nn(CC(=O)Nc2ccc3nnnn3n2)c(=O)c2ccc(C(F)(F)F)cc12. The molecule has 1 N–H and O–H groups in total. The van der Waals surface area contributed by atoms with Crippen LogP contribution in [0.2, 0.25) is 0 Å². The number of amides is 1. The molecule has 3 heterocycles. The molecule has 3 aromatic heterocycles. The van der Waals surface area contributed by atoms with Crippen LogP contribution in [0, 0.1) is 0 Å². The number of nitrogens with one attached hydrogen (secondary N) is 1. The second kappa shape index (κ2) is 7.41. The fraction of sp³-hybridized carbons (Fsp3) is 0.278. The van der Waals surface area contributed by atoms with Crippen molar-refractivity contribution in [2.24, 2.45) is 0 Å². The Kier molecular flexibility index (Phi) is 4.87. The van der Waals surface area contributed by atoms with Crippen molar-refractivity contribution in [2.75, 3.05) is 5.32 Å². The van der Waals surface area contributed by atoms with E-state index in [2.05, 4.69) is 31.0 Å². The minimum atomic E-state index is -4.55. The van der Waals surface area contributed by atoms with Gasteiger partial charge in [0, 0.05) is 5.39 Å². The monoisotopic (exact) mass is 432 g/mol. The normalized spacial score (nSPS) is 12.1. The van der Waals surface area contributed by atoms with Gasteiger partial charge in [0.15, 0.2) is 11.5 Å². The second-order valence-corrected chi connectivity index (χ2v) is 7.05. The Morgan fingerprint density at radius 2 is 1.90 bits per heavy atom. The zero-order valence-electron chi connectivity index (χ0n) is 16.3. The first kappa shape index (κ1) is 20.4. The highest BCUT2D eigenvalue weighted by atomic mass is 19.4. The van der Waals surface area contributed by atoms with Gasteiger partial charge in [0.05, 0.1) is 16.6 Å². The van der Waals surface area contributed by atoms with Crippen molar-refractivity contribution in [3.63, 3.8) is 0 Å². The van der Waals surface area contributed by atoms with E-state index in [1.54, 1.807) is 13.8 Å². The minimum Gasteiger partial charge on any atom is -0.308 e. The number of carbonyl (C=O) groups excluding carboxylic acids is 1. The minimum absolute atomic E-state index is 0.0488. The molecule has 0 spiro atoms. The quantitative estimate of drug-likeness (QED) is 0.524. The smallest absolute Gasteiger partial charge is 0.308 e. The second-order valence-electron chi connectivity index (χ2n) is 7.05. The van der Waals surface area contributed by atoms with Crippen LogP contribution in [0.25, 0.3) is 16.4 Å². The molecule has 31 heavy (non-hydrogen) atoms. The van der Waals surface area contributed by atoms with Gasteiger partial charge in [0.2, 0.25) is 5.91 Å². The number of anilines is 1. The lowest BCUT2D eigenvalue weighted by Crippen LogP contribution is -2.31. The third kappa shape index (κ3) is 3.93. The van der Waals surface area contributed by atoms with Crippen molar-refractivity contribution in [3.05, 3.63) is 51.9 Å². The van der Waals surface area contributed by atoms with Gasteiger partial charge in [-0.2, -0.15) is 18.3 Å². The number of nitrogens with zero attached hydrogens (tertiary/aromatic N) is 7. The third-order valence-electron chi connectivity index (χ3n) is 4.49. The van der Waals surface area contributed by atoms with Gasteiger partial charge in [-0.15, -0.1) is 14.8 Å². The number of rotatable bonds is 4. The lowest BCUT2D eigenvalue weighted by Gasteiger charge is -2.15.